The number of benzene rings is 1. The smallest absolute Gasteiger partial charge is 0.338 e. The molecule has 0 aliphatic carbocycles. The average molecular weight is 265 g/mol. The molecule has 0 N–H and O–H groups in total. The fourth-order valence-corrected chi connectivity index (χ4v) is 2.11. The number of carbonyl (C=O) groups is 1. The molecule has 0 aromatic heterocycles. The first-order valence-electron chi connectivity index (χ1n) is 5.61. The van der Waals surface area contributed by atoms with Crippen LogP contribution in [-0.4, -0.2) is 32.9 Å². The molecule has 1 atom stereocenters. The quantitative estimate of drug-likeness (QED) is 0.773. The van der Waals surface area contributed by atoms with Gasteiger partial charge in [-0.3, -0.25) is 0 Å². The van der Waals surface area contributed by atoms with Gasteiger partial charge in [0.15, 0.2) is 0 Å². The van der Waals surface area contributed by atoms with Crippen molar-refractivity contribution in [2.75, 3.05) is 20.8 Å². The van der Waals surface area contributed by atoms with Gasteiger partial charge in [0.05, 0.1) is 19.3 Å². The van der Waals surface area contributed by atoms with Crippen molar-refractivity contribution in [3.8, 4) is 11.8 Å². The van der Waals surface area contributed by atoms with Crippen molar-refractivity contribution in [2.45, 2.75) is 12.5 Å². The van der Waals surface area contributed by atoms with E-state index in [-0.39, 0.29) is 23.0 Å². The minimum Gasteiger partial charge on any atom is -0.486 e. The molecular formula is C13H12FNO4. The summed E-state index contributed by atoms with van der Waals surface area (Å²) < 4.78 is 28.8. The summed E-state index contributed by atoms with van der Waals surface area (Å²) in [6, 6.07) is 2.77. The van der Waals surface area contributed by atoms with E-state index in [1.165, 1.54) is 14.2 Å². The van der Waals surface area contributed by atoms with Gasteiger partial charge in [0, 0.05) is 19.1 Å². The molecule has 6 heteroatoms. The summed E-state index contributed by atoms with van der Waals surface area (Å²) in [4.78, 5) is 11.6. The van der Waals surface area contributed by atoms with Gasteiger partial charge in [-0.25, -0.2) is 9.18 Å². The molecule has 2 rings (SSSR count). The Bertz CT molecular complexity index is 565. The minimum absolute atomic E-state index is 0.0904. The largest absolute Gasteiger partial charge is 0.486 e. The van der Waals surface area contributed by atoms with Gasteiger partial charge in [-0.2, -0.15) is 5.26 Å². The van der Waals surface area contributed by atoms with Crippen LogP contribution >= 0.6 is 0 Å². The second-order valence-corrected chi connectivity index (χ2v) is 4.09. The molecule has 0 amide bonds. The number of carbonyl (C=O) groups excluding carboxylic acids is 1. The Balaban J connectivity index is 2.53. The third-order valence-corrected chi connectivity index (χ3v) is 2.92. The zero-order valence-corrected chi connectivity index (χ0v) is 10.5. The second-order valence-electron chi connectivity index (χ2n) is 4.09. The number of ether oxygens (including phenoxy) is 3. The maximum Gasteiger partial charge on any atom is 0.338 e. The lowest BCUT2D eigenvalue weighted by Gasteiger charge is -2.09. The van der Waals surface area contributed by atoms with E-state index in [0.717, 1.165) is 6.07 Å². The average Bonchev–Trinajstić information content (AvgIpc) is 2.80. The van der Waals surface area contributed by atoms with Gasteiger partial charge >= 0.3 is 5.97 Å². The van der Waals surface area contributed by atoms with Crippen molar-refractivity contribution in [3.05, 3.63) is 28.6 Å². The molecule has 0 bridgehead atoms. The molecule has 0 saturated carbocycles. The highest BCUT2D eigenvalue weighted by Gasteiger charge is 2.32. The highest BCUT2D eigenvalue weighted by atomic mass is 19.1. The van der Waals surface area contributed by atoms with E-state index >= 15 is 0 Å². The van der Waals surface area contributed by atoms with Crippen LogP contribution in [0.4, 0.5) is 4.39 Å². The summed E-state index contributed by atoms with van der Waals surface area (Å²) in [5.41, 5.74) is 0.390. The van der Waals surface area contributed by atoms with Crippen LogP contribution in [0.25, 0.3) is 0 Å². The molecule has 0 saturated heterocycles. The van der Waals surface area contributed by atoms with E-state index in [1.807, 2.05) is 0 Å². The van der Waals surface area contributed by atoms with Crippen molar-refractivity contribution in [1.82, 2.24) is 0 Å². The Morgan fingerprint density at radius 3 is 2.95 bits per heavy atom. The van der Waals surface area contributed by atoms with Gasteiger partial charge < -0.3 is 14.2 Å². The summed E-state index contributed by atoms with van der Waals surface area (Å²) >= 11 is 0. The number of hydrogen-bond donors (Lipinski definition) is 0. The fraction of sp³-hybridized carbons (Fsp3) is 0.385. The molecule has 1 aliphatic rings. The van der Waals surface area contributed by atoms with Gasteiger partial charge in [-0.15, -0.1) is 0 Å². The zero-order valence-electron chi connectivity index (χ0n) is 10.5. The summed E-state index contributed by atoms with van der Waals surface area (Å²) in [6.07, 6.45) is 0.0417. The van der Waals surface area contributed by atoms with Gasteiger partial charge in [0.1, 0.15) is 29.3 Å². The SMILES string of the molecule is COCC1Cc2c(C(=O)OC)cc(F)c(C#N)c2O1. The number of methoxy groups -OCH3 is 2. The summed E-state index contributed by atoms with van der Waals surface area (Å²) in [5.74, 6) is -1.33. The van der Waals surface area contributed by atoms with Crippen molar-refractivity contribution >= 4 is 5.97 Å². The number of esters is 1. The van der Waals surface area contributed by atoms with Crippen molar-refractivity contribution in [2.24, 2.45) is 0 Å². The Hall–Kier alpha value is -2.13. The van der Waals surface area contributed by atoms with Crippen LogP contribution in [0.5, 0.6) is 5.75 Å². The Morgan fingerprint density at radius 1 is 1.63 bits per heavy atom. The van der Waals surface area contributed by atoms with Crippen LogP contribution in [0.3, 0.4) is 0 Å². The third kappa shape index (κ3) is 2.25. The molecule has 1 heterocycles. The summed E-state index contributed by atoms with van der Waals surface area (Å²) in [5, 5.41) is 8.97. The summed E-state index contributed by atoms with van der Waals surface area (Å²) in [7, 11) is 2.73. The zero-order chi connectivity index (χ0) is 14.0. The van der Waals surface area contributed by atoms with Crippen LogP contribution in [0.2, 0.25) is 0 Å². The maximum atomic E-state index is 13.8. The number of nitrogens with zero attached hydrogens (tertiary/aromatic N) is 1. The van der Waals surface area contributed by atoms with Crippen molar-refractivity contribution in [3.63, 3.8) is 0 Å². The lowest BCUT2D eigenvalue weighted by atomic mass is 9.99. The Morgan fingerprint density at radius 2 is 2.37 bits per heavy atom. The normalized spacial score (nSPS) is 16.4. The van der Waals surface area contributed by atoms with Crippen LogP contribution in [0.15, 0.2) is 6.07 Å². The molecule has 1 aromatic rings. The highest BCUT2D eigenvalue weighted by molar-refractivity contribution is 5.92. The van der Waals surface area contributed by atoms with E-state index in [4.69, 9.17) is 14.7 Å². The van der Waals surface area contributed by atoms with Gasteiger partial charge in [0.25, 0.3) is 0 Å². The van der Waals surface area contributed by atoms with E-state index in [2.05, 4.69) is 4.74 Å². The van der Waals surface area contributed by atoms with Gasteiger partial charge in [0.2, 0.25) is 0 Å². The first kappa shape index (κ1) is 13.3. The fourth-order valence-electron chi connectivity index (χ4n) is 2.11. The maximum absolute atomic E-state index is 13.8. The van der Waals surface area contributed by atoms with E-state index in [9.17, 15) is 9.18 Å². The van der Waals surface area contributed by atoms with Gasteiger partial charge in [-0.05, 0) is 6.07 Å². The first-order valence-corrected chi connectivity index (χ1v) is 5.61. The number of nitriles is 1. The van der Waals surface area contributed by atoms with Crippen LogP contribution in [0, 0.1) is 17.1 Å². The molecule has 1 unspecified atom stereocenters. The van der Waals surface area contributed by atoms with Crippen LogP contribution < -0.4 is 4.74 Å². The molecule has 1 aromatic carbocycles. The second kappa shape index (κ2) is 5.24. The topological polar surface area (TPSA) is 68.5 Å². The Labute approximate surface area is 109 Å². The van der Waals surface area contributed by atoms with Crippen molar-refractivity contribution in [1.29, 1.82) is 5.26 Å². The molecule has 19 heavy (non-hydrogen) atoms. The van der Waals surface area contributed by atoms with E-state index in [0.29, 0.717) is 18.6 Å². The van der Waals surface area contributed by atoms with Gasteiger partial charge in [-0.1, -0.05) is 0 Å². The molecule has 0 spiro atoms. The van der Waals surface area contributed by atoms with Crippen LogP contribution in [0.1, 0.15) is 21.5 Å². The predicted octanol–water partition coefficient (Wildman–Crippen LogP) is 1.43. The minimum atomic E-state index is -0.792. The third-order valence-electron chi connectivity index (χ3n) is 2.92. The molecular weight excluding hydrogens is 253 g/mol. The van der Waals surface area contributed by atoms with Crippen LogP contribution in [-0.2, 0) is 15.9 Å². The lowest BCUT2D eigenvalue weighted by molar-refractivity contribution is 0.0599. The molecule has 0 radical (unpaired) electrons. The van der Waals surface area contributed by atoms with Crippen molar-refractivity contribution < 1.29 is 23.4 Å². The number of halogens is 1. The monoisotopic (exact) mass is 265 g/mol. The van der Waals surface area contributed by atoms with E-state index in [1.54, 1.807) is 6.07 Å². The number of rotatable bonds is 3. The first-order chi connectivity index (χ1) is 9.12. The number of hydrogen-bond acceptors (Lipinski definition) is 5. The van der Waals surface area contributed by atoms with E-state index < -0.39 is 11.8 Å². The standard InChI is InChI=1S/C13H12FNO4/c1-17-6-7-3-8-9(13(16)18-2)4-11(14)10(5-15)12(8)19-7/h4,7H,3,6H2,1-2H3. The molecule has 5 nitrogen and oxygen atoms in total. The summed E-state index contributed by atoms with van der Waals surface area (Å²) in [6.45, 7) is 0.293. The molecule has 100 valence electrons. The Kier molecular flexibility index (Phi) is 3.67. The molecule has 1 aliphatic heterocycles. The number of fused-ring (bicyclic) bond motifs is 1. The highest BCUT2D eigenvalue weighted by Crippen LogP contribution is 2.37. The predicted molar refractivity (Wildman–Crippen MR) is 62.5 cm³/mol. The molecule has 0 fully saturated rings. The lowest BCUT2D eigenvalue weighted by Crippen LogP contribution is -2.19.